The summed E-state index contributed by atoms with van der Waals surface area (Å²) in [6.45, 7) is 3.41. The fraction of sp³-hybridized carbons (Fsp3) is 0.417. The quantitative estimate of drug-likeness (QED) is 0.608. The van der Waals surface area contributed by atoms with E-state index in [1.54, 1.807) is 13.8 Å². The molecule has 0 N–H and O–H groups in total. The van der Waals surface area contributed by atoms with Gasteiger partial charge in [-0.15, -0.1) is 0 Å². The fourth-order valence-electron chi connectivity index (χ4n) is 1.61. The van der Waals surface area contributed by atoms with Crippen LogP contribution in [-0.4, -0.2) is 27.6 Å². The van der Waals surface area contributed by atoms with E-state index in [1.807, 2.05) is 0 Å². The highest BCUT2D eigenvalue weighted by atomic mass is 35.7. The van der Waals surface area contributed by atoms with Gasteiger partial charge in [-0.25, -0.2) is 8.42 Å². The van der Waals surface area contributed by atoms with Crippen LogP contribution in [0.2, 0.25) is 5.02 Å². The maximum absolute atomic E-state index is 11.7. The summed E-state index contributed by atoms with van der Waals surface area (Å²) in [5, 5.41) is 0.201. The van der Waals surface area contributed by atoms with E-state index in [9.17, 15) is 13.2 Å². The number of carbonyl (C=O) groups is 1. The number of ether oxygens (including phenoxy) is 2. The Morgan fingerprint density at radius 1 is 1.35 bits per heavy atom. The SMILES string of the molecule is COc1c(S(=O)(=O)Cl)ccc(Cl)c1CC(=O)OC(C)C. The summed E-state index contributed by atoms with van der Waals surface area (Å²) in [6, 6.07) is 2.57. The molecule has 0 bridgehead atoms. The normalized spacial score (nSPS) is 11.5. The highest BCUT2D eigenvalue weighted by Gasteiger charge is 2.23. The van der Waals surface area contributed by atoms with Gasteiger partial charge in [0.1, 0.15) is 10.6 Å². The van der Waals surface area contributed by atoms with E-state index in [-0.39, 0.29) is 33.8 Å². The number of benzene rings is 1. The lowest BCUT2D eigenvalue weighted by Crippen LogP contribution is -2.15. The molecular formula is C12H14Cl2O5S. The topological polar surface area (TPSA) is 69.7 Å². The number of hydrogen-bond acceptors (Lipinski definition) is 5. The zero-order valence-corrected chi connectivity index (χ0v) is 13.5. The van der Waals surface area contributed by atoms with Gasteiger partial charge in [0.15, 0.2) is 0 Å². The zero-order chi connectivity index (χ0) is 15.5. The predicted octanol–water partition coefficient (Wildman–Crippen LogP) is 2.77. The Kier molecular flexibility index (Phi) is 5.68. The average molecular weight is 341 g/mol. The van der Waals surface area contributed by atoms with Crippen LogP contribution in [0.5, 0.6) is 5.75 Å². The lowest BCUT2D eigenvalue weighted by molar-refractivity contribution is -0.146. The first-order valence-corrected chi connectivity index (χ1v) is 8.35. The van der Waals surface area contributed by atoms with Crippen molar-refractivity contribution in [1.82, 2.24) is 0 Å². The second kappa shape index (κ2) is 6.65. The third-order valence-corrected chi connectivity index (χ3v) is 4.02. The molecule has 0 atom stereocenters. The minimum absolute atomic E-state index is 0.0480. The van der Waals surface area contributed by atoms with Crippen LogP contribution in [0.3, 0.4) is 0 Å². The second-order valence-electron chi connectivity index (χ2n) is 4.21. The summed E-state index contributed by atoms with van der Waals surface area (Å²) >= 11 is 5.99. The van der Waals surface area contributed by atoms with Crippen LogP contribution < -0.4 is 4.74 Å². The maximum Gasteiger partial charge on any atom is 0.310 e. The molecule has 8 heteroatoms. The van der Waals surface area contributed by atoms with Crippen molar-refractivity contribution in [2.75, 3.05) is 7.11 Å². The van der Waals surface area contributed by atoms with Gasteiger partial charge in [-0.2, -0.15) is 0 Å². The molecule has 1 aromatic carbocycles. The van der Waals surface area contributed by atoms with Crippen molar-refractivity contribution >= 4 is 37.3 Å². The Hall–Kier alpha value is -0.980. The lowest BCUT2D eigenvalue weighted by atomic mass is 10.1. The van der Waals surface area contributed by atoms with Crippen molar-refractivity contribution in [1.29, 1.82) is 0 Å². The first-order valence-electron chi connectivity index (χ1n) is 5.66. The number of rotatable bonds is 5. The third kappa shape index (κ3) is 4.26. The molecule has 0 radical (unpaired) electrons. The predicted molar refractivity (Wildman–Crippen MR) is 76.0 cm³/mol. The monoisotopic (exact) mass is 340 g/mol. The van der Waals surface area contributed by atoms with Crippen LogP contribution >= 0.6 is 22.3 Å². The van der Waals surface area contributed by atoms with Crippen molar-refractivity contribution in [3.63, 3.8) is 0 Å². The average Bonchev–Trinajstić information content (AvgIpc) is 2.28. The minimum Gasteiger partial charge on any atom is -0.495 e. The van der Waals surface area contributed by atoms with E-state index in [2.05, 4.69) is 0 Å². The van der Waals surface area contributed by atoms with E-state index in [1.165, 1.54) is 19.2 Å². The van der Waals surface area contributed by atoms with Crippen LogP contribution in [0.1, 0.15) is 19.4 Å². The van der Waals surface area contributed by atoms with Crippen LogP contribution in [0, 0.1) is 0 Å². The molecule has 0 spiro atoms. The van der Waals surface area contributed by atoms with Gasteiger partial charge in [-0.05, 0) is 26.0 Å². The summed E-state index contributed by atoms with van der Waals surface area (Å²) in [4.78, 5) is 11.4. The van der Waals surface area contributed by atoms with Crippen molar-refractivity contribution < 1.29 is 22.7 Å². The second-order valence-corrected chi connectivity index (χ2v) is 7.15. The first kappa shape index (κ1) is 17.1. The first-order chi connectivity index (χ1) is 9.16. The molecule has 0 aliphatic heterocycles. The highest BCUT2D eigenvalue weighted by molar-refractivity contribution is 8.13. The molecule has 0 aliphatic carbocycles. The number of halogens is 2. The lowest BCUT2D eigenvalue weighted by Gasteiger charge is -2.14. The summed E-state index contributed by atoms with van der Waals surface area (Å²) < 4.78 is 33.0. The van der Waals surface area contributed by atoms with Crippen LogP contribution in [-0.2, 0) is 25.0 Å². The molecule has 5 nitrogen and oxygen atoms in total. The molecule has 20 heavy (non-hydrogen) atoms. The van der Waals surface area contributed by atoms with Gasteiger partial charge in [0, 0.05) is 21.3 Å². The molecule has 1 aromatic rings. The summed E-state index contributed by atoms with van der Waals surface area (Å²) in [6.07, 6.45) is -0.493. The molecule has 0 saturated heterocycles. The molecule has 0 heterocycles. The summed E-state index contributed by atoms with van der Waals surface area (Å²) in [7, 11) is 2.59. The Morgan fingerprint density at radius 3 is 2.40 bits per heavy atom. The van der Waals surface area contributed by atoms with E-state index < -0.39 is 15.0 Å². The van der Waals surface area contributed by atoms with E-state index >= 15 is 0 Å². The van der Waals surface area contributed by atoms with Crippen molar-refractivity contribution in [2.45, 2.75) is 31.3 Å². The van der Waals surface area contributed by atoms with E-state index in [4.69, 9.17) is 31.8 Å². The van der Waals surface area contributed by atoms with Gasteiger partial charge in [-0.3, -0.25) is 4.79 Å². The third-order valence-electron chi connectivity index (χ3n) is 2.32. The number of methoxy groups -OCH3 is 1. The Balaban J connectivity index is 3.28. The minimum atomic E-state index is -4.01. The summed E-state index contributed by atoms with van der Waals surface area (Å²) in [5.41, 5.74) is 0.224. The van der Waals surface area contributed by atoms with Gasteiger partial charge >= 0.3 is 5.97 Å². The molecule has 0 unspecified atom stereocenters. The van der Waals surface area contributed by atoms with Crippen molar-refractivity contribution in [2.24, 2.45) is 0 Å². The Bertz CT molecular complexity index is 611. The maximum atomic E-state index is 11.7. The van der Waals surface area contributed by atoms with Gasteiger partial charge in [0.2, 0.25) is 0 Å². The number of esters is 1. The van der Waals surface area contributed by atoms with Gasteiger partial charge in [0.05, 0.1) is 19.6 Å². The van der Waals surface area contributed by atoms with Crippen LogP contribution in [0.4, 0.5) is 0 Å². The van der Waals surface area contributed by atoms with E-state index in [0.717, 1.165) is 0 Å². The molecule has 112 valence electrons. The largest absolute Gasteiger partial charge is 0.495 e. The summed E-state index contributed by atoms with van der Waals surface area (Å²) in [5.74, 6) is -0.586. The van der Waals surface area contributed by atoms with Gasteiger partial charge in [-0.1, -0.05) is 11.6 Å². The molecule has 0 fully saturated rings. The van der Waals surface area contributed by atoms with Crippen molar-refractivity contribution in [3.05, 3.63) is 22.7 Å². The number of hydrogen-bond donors (Lipinski definition) is 0. The van der Waals surface area contributed by atoms with Gasteiger partial charge in [0.25, 0.3) is 9.05 Å². The molecular weight excluding hydrogens is 327 g/mol. The highest BCUT2D eigenvalue weighted by Crippen LogP contribution is 2.35. The molecule has 0 aliphatic rings. The molecule has 0 saturated carbocycles. The van der Waals surface area contributed by atoms with Crippen molar-refractivity contribution in [3.8, 4) is 5.75 Å². The van der Waals surface area contributed by atoms with E-state index in [0.29, 0.717) is 0 Å². The Labute approximate surface area is 127 Å². The number of carbonyl (C=O) groups excluding carboxylic acids is 1. The molecule has 0 aromatic heterocycles. The Morgan fingerprint density at radius 2 is 1.95 bits per heavy atom. The smallest absolute Gasteiger partial charge is 0.310 e. The van der Waals surface area contributed by atoms with Crippen LogP contribution in [0.15, 0.2) is 17.0 Å². The molecule has 0 amide bonds. The molecule has 1 rings (SSSR count). The fourth-order valence-corrected chi connectivity index (χ4v) is 2.85. The van der Waals surface area contributed by atoms with Crippen LogP contribution in [0.25, 0.3) is 0 Å². The van der Waals surface area contributed by atoms with Gasteiger partial charge < -0.3 is 9.47 Å². The zero-order valence-electron chi connectivity index (χ0n) is 11.1. The standard InChI is InChI=1S/C12H14Cl2O5S/c1-7(2)19-11(15)6-8-9(13)4-5-10(12(8)18-3)20(14,16)17/h4-5,7H,6H2,1-3H3.